The molecule has 0 unspecified atom stereocenters. The molecule has 0 fully saturated rings. The van der Waals surface area contributed by atoms with Crippen molar-refractivity contribution < 1.29 is 19.4 Å². The maximum Gasteiger partial charge on any atom is 0.409 e. The first kappa shape index (κ1) is 19.3. The van der Waals surface area contributed by atoms with Crippen LogP contribution in [0.2, 0.25) is 0 Å². The van der Waals surface area contributed by atoms with Crippen LogP contribution in [0, 0.1) is 0 Å². The Labute approximate surface area is 141 Å². The molecular weight excluding hydrogens is 312 g/mol. The zero-order valence-electron chi connectivity index (χ0n) is 14.4. The second-order valence-electron chi connectivity index (χ2n) is 5.42. The normalized spacial score (nSPS) is 10.2. The van der Waals surface area contributed by atoms with Gasteiger partial charge >= 0.3 is 6.09 Å². The molecule has 0 aliphatic rings. The van der Waals surface area contributed by atoms with Crippen LogP contribution < -0.4 is 20.3 Å². The Morgan fingerprint density at radius 1 is 1.21 bits per heavy atom. The second-order valence-corrected chi connectivity index (χ2v) is 5.42. The number of hydrogen-bond donors (Lipinski definition) is 3. The van der Waals surface area contributed by atoms with E-state index in [1.165, 1.54) is 13.2 Å². The van der Waals surface area contributed by atoms with Gasteiger partial charge in [-0.25, -0.2) is 4.79 Å². The highest BCUT2D eigenvalue weighted by molar-refractivity contribution is 6.02. The number of methoxy groups -OCH3 is 1. The van der Waals surface area contributed by atoms with Gasteiger partial charge < -0.3 is 25.0 Å². The van der Waals surface area contributed by atoms with E-state index in [2.05, 4.69) is 17.2 Å². The third-order valence-electron chi connectivity index (χ3n) is 3.30. The zero-order valence-corrected chi connectivity index (χ0v) is 14.4. The number of rotatable bonds is 8. The molecule has 0 radical (unpaired) electrons. The molecule has 0 heterocycles. The summed E-state index contributed by atoms with van der Waals surface area (Å²) in [4.78, 5) is 26.6. The number of ether oxygens (including phenoxy) is 1. The minimum atomic E-state index is -1.22. The van der Waals surface area contributed by atoms with Crippen LogP contribution in [0.1, 0.15) is 0 Å². The number of carbonyl (C=O) groups excluding carboxylic acids is 1. The van der Waals surface area contributed by atoms with E-state index in [0.29, 0.717) is 23.7 Å². The van der Waals surface area contributed by atoms with Crippen molar-refractivity contribution >= 4 is 29.1 Å². The van der Waals surface area contributed by atoms with Crippen LogP contribution in [-0.4, -0.2) is 63.3 Å². The number of hydrogen-bond acceptors (Lipinski definition) is 5. The van der Waals surface area contributed by atoms with Gasteiger partial charge in [0.25, 0.3) is 0 Å². The summed E-state index contributed by atoms with van der Waals surface area (Å²) >= 11 is 0. The molecule has 0 aliphatic heterocycles. The largest absolute Gasteiger partial charge is 0.494 e. The van der Waals surface area contributed by atoms with Gasteiger partial charge in [-0.3, -0.25) is 10.1 Å². The summed E-state index contributed by atoms with van der Waals surface area (Å²) in [6.07, 6.45) is -0.0685. The van der Waals surface area contributed by atoms with E-state index in [4.69, 9.17) is 9.84 Å². The third-order valence-corrected chi connectivity index (χ3v) is 3.30. The average Bonchev–Trinajstić information content (AvgIpc) is 2.52. The Hall–Kier alpha value is -2.74. The Kier molecular flexibility index (Phi) is 7.06. The van der Waals surface area contributed by atoms with Gasteiger partial charge in [-0.05, 0) is 26.2 Å². The van der Waals surface area contributed by atoms with Crippen LogP contribution in [0.25, 0.3) is 0 Å². The van der Waals surface area contributed by atoms with Gasteiger partial charge in [0.05, 0.1) is 24.2 Å². The summed E-state index contributed by atoms with van der Waals surface area (Å²) in [5.41, 5.74) is 1.42. The van der Waals surface area contributed by atoms with Crippen molar-refractivity contribution in [2.45, 2.75) is 0 Å². The van der Waals surface area contributed by atoms with Crippen molar-refractivity contribution in [1.82, 2.24) is 4.90 Å². The number of likely N-dealkylation sites (N-methyl/N-ethyl adjacent to an activating group) is 2. The minimum absolute atomic E-state index is 0.245. The lowest BCUT2D eigenvalue weighted by Gasteiger charge is -2.25. The van der Waals surface area contributed by atoms with Crippen molar-refractivity contribution in [1.29, 1.82) is 0 Å². The molecule has 8 heteroatoms. The third kappa shape index (κ3) is 5.47. The van der Waals surface area contributed by atoms with Gasteiger partial charge in [-0.1, -0.05) is 6.58 Å². The standard InChI is InChI=1S/C16H24N4O4/c1-6-15(21)17-11-9-12(18-16(22)23)14(24-5)10-13(11)20(4)8-7-19(2)3/h6,9-10,18H,1,7-8H2,2-5H3,(H,17,21)(H,22,23). The van der Waals surface area contributed by atoms with E-state index in [1.807, 2.05) is 30.9 Å². The quantitative estimate of drug-likeness (QED) is 0.628. The summed E-state index contributed by atoms with van der Waals surface area (Å²) < 4.78 is 5.25. The van der Waals surface area contributed by atoms with E-state index in [-0.39, 0.29) is 11.6 Å². The van der Waals surface area contributed by atoms with Crippen molar-refractivity contribution in [2.24, 2.45) is 0 Å². The van der Waals surface area contributed by atoms with Crippen LogP contribution >= 0.6 is 0 Å². The minimum Gasteiger partial charge on any atom is -0.494 e. The lowest BCUT2D eigenvalue weighted by atomic mass is 10.2. The smallest absolute Gasteiger partial charge is 0.409 e. The molecule has 1 aromatic rings. The van der Waals surface area contributed by atoms with E-state index < -0.39 is 6.09 Å². The number of nitrogens with zero attached hydrogens (tertiary/aromatic N) is 2. The highest BCUT2D eigenvalue weighted by atomic mass is 16.5. The molecule has 0 aromatic heterocycles. The summed E-state index contributed by atoms with van der Waals surface area (Å²) in [7, 11) is 7.27. The monoisotopic (exact) mass is 336 g/mol. The van der Waals surface area contributed by atoms with E-state index in [9.17, 15) is 9.59 Å². The van der Waals surface area contributed by atoms with Crippen molar-refractivity contribution in [2.75, 3.05) is 56.9 Å². The number of nitrogens with one attached hydrogen (secondary N) is 2. The van der Waals surface area contributed by atoms with Crippen LogP contribution in [0.3, 0.4) is 0 Å². The number of carboxylic acid groups (broad SMARTS) is 1. The highest BCUT2D eigenvalue weighted by Gasteiger charge is 2.16. The Morgan fingerprint density at radius 3 is 2.38 bits per heavy atom. The molecule has 1 aromatic carbocycles. The van der Waals surface area contributed by atoms with Gasteiger partial charge in [-0.2, -0.15) is 0 Å². The van der Waals surface area contributed by atoms with E-state index in [1.54, 1.807) is 6.07 Å². The van der Waals surface area contributed by atoms with Gasteiger partial charge in [0.2, 0.25) is 5.91 Å². The average molecular weight is 336 g/mol. The fourth-order valence-corrected chi connectivity index (χ4v) is 2.02. The van der Waals surface area contributed by atoms with Crippen LogP contribution in [0.5, 0.6) is 5.75 Å². The molecule has 0 spiro atoms. The second kappa shape index (κ2) is 8.78. The predicted octanol–water partition coefficient (Wildman–Crippen LogP) is 1.91. The number of carbonyl (C=O) groups is 2. The van der Waals surface area contributed by atoms with Gasteiger partial charge in [0, 0.05) is 26.2 Å². The highest BCUT2D eigenvalue weighted by Crippen LogP contribution is 2.36. The summed E-state index contributed by atoms with van der Waals surface area (Å²) in [6, 6.07) is 3.20. The van der Waals surface area contributed by atoms with Crippen LogP contribution in [-0.2, 0) is 4.79 Å². The summed E-state index contributed by atoms with van der Waals surface area (Å²) in [5, 5.41) is 13.9. The van der Waals surface area contributed by atoms with Crippen molar-refractivity contribution in [3.63, 3.8) is 0 Å². The fourth-order valence-electron chi connectivity index (χ4n) is 2.02. The van der Waals surface area contributed by atoms with Gasteiger partial charge in [0.1, 0.15) is 5.75 Å². The Morgan fingerprint density at radius 2 is 1.88 bits per heavy atom. The topological polar surface area (TPSA) is 94.1 Å². The first-order valence-electron chi connectivity index (χ1n) is 7.29. The zero-order chi connectivity index (χ0) is 18.3. The lowest BCUT2D eigenvalue weighted by molar-refractivity contribution is -0.111. The SMILES string of the molecule is C=CC(=O)Nc1cc(NC(=O)O)c(OC)cc1N(C)CCN(C)C. The molecule has 0 atom stereocenters. The molecule has 0 saturated heterocycles. The molecule has 2 amide bonds. The molecule has 24 heavy (non-hydrogen) atoms. The first-order chi connectivity index (χ1) is 11.3. The van der Waals surface area contributed by atoms with E-state index >= 15 is 0 Å². The molecule has 0 bridgehead atoms. The molecule has 0 aliphatic carbocycles. The Balaban J connectivity index is 3.28. The molecule has 3 N–H and O–H groups in total. The Bertz CT molecular complexity index is 616. The van der Waals surface area contributed by atoms with Crippen molar-refractivity contribution in [3.8, 4) is 5.75 Å². The molecular formula is C16H24N4O4. The van der Waals surface area contributed by atoms with Gasteiger partial charge in [0.15, 0.2) is 0 Å². The molecule has 132 valence electrons. The maximum atomic E-state index is 11.7. The maximum absolute atomic E-state index is 11.7. The number of benzene rings is 1. The molecule has 0 saturated carbocycles. The predicted molar refractivity (Wildman–Crippen MR) is 95.3 cm³/mol. The molecule has 8 nitrogen and oxygen atoms in total. The summed E-state index contributed by atoms with van der Waals surface area (Å²) in [6.45, 7) is 4.94. The molecule has 1 rings (SSSR count). The fraction of sp³-hybridized carbons (Fsp3) is 0.375. The summed E-state index contributed by atoms with van der Waals surface area (Å²) in [5.74, 6) is -0.0237. The lowest BCUT2D eigenvalue weighted by Crippen LogP contribution is -2.29. The number of anilines is 3. The van der Waals surface area contributed by atoms with Crippen LogP contribution in [0.15, 0.2) is 24.8 Å². The van der Waals surface area contributed by atoms with Crippen LogP contribution in [0.4, 0.5) is 21.9 Å². The van der Waals surface area contributed by atoms with Crippen molar-refractivity contribution in [3.05, 3.63) is 24.8 Å². The number of amides is 2. The van der Waals surface area contributed by atoms with E-state index in [0.717, 1.165) is 12.6 Å². The first-order valence-corrected chi connectivity index (χ1v) is 7.29. The van der Waals surface area contributed by atoms with Gasteiger partial charge in [-0.15, -0.1) is 0 Å².